The van der Waals surface area contributed by atoms with E-state index in [1.807, 2.05) is 0 Å². The summed E-state index contributed by atoms with van der Waals surface area (Å²) in [5.41, 5.74) is 0.645. The summed E-state index contributed by atoms with van der Waals surface area (Å²) in [5.74, 6) is -0.111. The van der Waals surface area contributed by atoms with Gasteiger partial charge >= 0.3 is 0 Å². The van der Waals surface area contributed by atoms with Crippen LogP contribution >= 0.6 is 0 Å². The number of hydrogen-bond donors (Lipinski definition) is 0. The van der Waals surface area contributed by atoms with Gasteiger partial charge in [-0.3, -0.25) is 9.69 Å². The first-order valence-electron chi connectivity index (χ1n) is 4.41. The van der Waals surface area contributed by atoms with Crippen LogP contribution in [-0.2, 0) is 9.63 Å². The number of amides is 1. The third-order valence-corrected chi connectivity index (χ3v) is 2.13. The van der Waals surface area contributed by atoms with Gasteiger partial charge in [0.15, 0.2) is 12.4 Å². The quantitative estimate of drug-likeness (QED) is 0.690. The maximum absolute atomic E-state index is 12.7. The van der Waals surface area contributed by atoms with Crippen LogP contribution in [0.4, 0.5) is 4.39 Å². The van der Waals surface area contributed by atoms with Gasteiger partial charge in [0.2, 0.25) is 0 Å². The molecule has 1 aliphatic heterocycles. The van der Waals surface area contributed by atoms with Crippen molar-refractivity contribution >= 4 is 11.7 Å². The van der Waals surface area contributed by atoms with Gasteiger partial charge in [-0.15, -0.1) is 0 Å². The van der Waals surface area contributed by atoms with Gasteiger partial charge in [-0.1, -0.05) is 5.16 Å². The molecule has 2 rings (SSSR count). The Labute approximate surface area is 85.9 Å². The second kappa shape index (κ2) is 3.68. The van der Waals surface area contributed by atoms with Crippen LogP contribution in [0.25, 0.3) is 0 Å². The molecular weight excluding hydrogens is 199 g/mol. The van der Waals surface area contributed by atoms with Crippen LogP contribution in [-0.4, -0.2) is 30.3 Å². The number of rotatable bonds is 1. The minimum absolute atomic E-state index is 0.0544. The molecule has 1 heterocycles. The Balaban J connectivity index is 2.34. The fraction of sp³-hybridized carbons (Fsp3) is 0.200. The molecule has 4 nitrogen and oxygen atoms in total. The van der Waals surface area contributed by atoms with Gasteiger partial charge in [0.05, 0.1) is 0 Å². The molecule has 1 amide bonds. The first-order chi connectivity index (χ1) is 7.18. The lowest BCUT2D eigenvalue weighted by molar-refractivity contribution is -0.133. The molecule has 0 aromatic heterocycles. The van der Waals surface area contributed by atoms with Crippen LogP contribution < -0.4 is 0 Å². The number of benzene rings is 1. The Bertz CT molecular complexity index is 414. The number of nitrogens with zero attached hydrogens (tertiary/aromatic N) is 2. The lowest BCUT2D eigenvalue weighted by Gasteiger charge is -2.22. The van der Waals surface area contributed by atoms with Crippen LogP contribution in [0.15, 0.2) is 29.4 Å². The van der Waals surface area contributed by atoms with E-state index in [-0.39, 0.29) is 18.3 Å². The van der Waals surface area contributed by atoms with Crippen LogP contribution in [0.1, 0.15) is 5.56 Å². The monoisotopic (exact) mass is 208 g/mol. The van der Waals surface area contributed by atoms with Gasteiger partial charge in [0, 0.05) is 12.6 Å². The zero-order valence-electron chi connectivity index (χ0n) is 8.11. The molecule has 0 spiro atoms. The fourth-order valence-electron chi connectivity index (χ4n) is 1.27. The Morgan fingerprint density at radius 2 is 2.07 bits per heavy atom. The van der Waals surface area contributed by atoms with Gasteiger partial charge in [-0.2, -0.15) is 0 Å². The SMILES string of the molecule is CN1C(=O)CON=C1c1ccc(F)cc1. The summed E-state index contributed by atoms with van der Waals surface area (Å²) in [4.78, 5) is 17.4. The topological polar surface area (TPSA) is 41.9 Å². The predicted octanol–water partition coefficient (Wildman–Crippen LogP) is 0.976. The highest BCUT2D eigenvalue weighted by molar-refractivity contribution is 6.08. The second-order valence-electron chi connectivity index (χ2n) is 3.15. The first kappa shape index (κ1) is 9.64. The third-order valence-electron chi connectivity index (χ3n) is 2.13. The average molecular weight is 208 g/mol. The number of oxime groups is 1. The van der Waals surface area contributed by atoms with Gasteiger partial charge in [0.1, 0.15) is 5.82 Å². The van der Waals surface area contributed by atoms with Crippen LogP contribution in [0.5, 0.6) is 0 Å². The highest BCUT2D eigenvalue weighted by Gasteiger charge is 2.21. The molecule has 0 N–H and O–H groups in total. The van der Waals surface area contributed by atoms with E-state index < -0.39 is 0 Å². The molecule has 0 radical (unpaired) electrons. The molecule has 0 saturated carbocycles. The van der Waals surface area contributed by atoms with Crippen molar-refractivity contribution in [3.05, 3.63) is 35.6 Å². The fourth-order valence-corrected chi connectivity index (χ4v) is 1.27. The third kappa shape index (κ3) is 1.81. The Kier molecular flexibility index (Phi) is 2.37. The van der Waals surface area contributed by atoms with Crippen molar-refractivity contribution in [2.45, 2.75) is 0 Å². The lowest BCUT2D eigenvalue weighted by atomic mass is 10.2. The van der Waals surface area contributed by atoms with Crippen molar-refractivity contribution in [1.82, 2.24) is 4.90 Å². The normalized spacial score (nSPS) is 16.0. The van der Waals surface area contributed by atoms with Crippen LogP contribution in [0.2, 0.25) is 0 Å². The Morgan fingerprint density at radius 1 is 1.40 bits per heavy atom. The predicted molar refractivity (Wildman–Crippen MR) is 51.7 cm³/mol. The van der Waals surface area contributed by atoms with E-state index in [2.05, 4.69) is 5.16 Å². The summed E-state index contributed by atoms with van der Waals surface area (Å²) in [6.07, 6.45) is 0. The average Bonchev–Trinajstić information content (AvgIpc) is 2.24. The summed E-state index contributed by atoms with van der Waals surface area (Å²) >= 11 is 0. The van der Waals surface area contributed by atoms with Crippen LogP contribution in [0, 0.1) is 5.82 Å². The number of carbonyl (C=O) groups excluding carboxylic acids is 1. The van der Waals surface area contributed by atoms with E-state index in [4.69, 9.17) is 4.84 Å². The van der Waals surface area contributed by atoms with E-state index in [1.165, 1.54) is 17.0 Å². The maximum atomic E-state index is 12.7. The molecule has 0 bridgehead atoms. The molecule has 1 aromatic rings. The van der Waals surface area contributed by atoms with Crippen molar-refractivity contribution in [3.63, 3.8) is 0 Å². The molecule has 0 unspecified atom stereocenters. The van der Waals surface area contributed by atoms with Crippen molar-refractivity contribution in [1.29, 1.82) is 0 Å². The highest BCUT2D eigenvalue weighted by atomic mass is 19.1. The van der Waals surface area contributed by atoms with Crippen molar-refractivity contribution in [2.75, 3.05) is 13.7 Å². The van der Waals surface area contributed by atoms with Gasteiger partial charge in [-0.25, -0.2) is 4.39 Å². The minimum Gasteiger partial charge on any atom is -0.384 e. The molecule has 0 atom stereocenters. The minimum atomic E-state index is -0.329. The summed E-state index contributed by atoms with van der Waals surface area (Å²) in [7, 11) is 1.60. The first-order valence-corrected chi connectivity index (χ1v) is 4.41. The number of hydrogen-bond acceptors (Lipinski definition) is 3. The highest BCUT2D eigenvalue weighted by Crippen LogP contribution is 2.10. The molecule has 1 aromatic carbocycles. The summed E-state index contributed by atoms with van der Waals surface area (Å²) < 4.78 is 12.7. The van der Waals surface area contributed by atoms with E-state index >= 15 is 0 Å². The standard InChI is InChI=1S/C10H9FN2O2/c1-13-9(14)6-15-12-10(13)7-2-4-8(11)5-3-7/h2-5H,6H2,1H3. The van der Waals surface area contributed by atoms with Crippen molar-refractivity contribution < 1.29 is 14.0 Å². The lowest BCUT2D eigenvalue weighted by Crippen LogP contribution is -2.39. The zero-order valence-corrected chi connectivity index (χ0v) is 8.11. The number of amidine groups is 1. The van der Waals surface area contributed by atoms with E-state index in [1.54, 1.807) is 19.2 Å². The summed E-state index contributed by atoms with van der Waals surface area (Å²) in [5, 5.41) is 3.76. The number of halogens is 1. The Morgan fingerprint density at radius 3 is 2.73 bits per heavy atom. The second-order valence-corrected chi connectivity index (χ2v) is 3.15. The molecule has 15 heavy (non-hydrogen) atoms. The largest absolute Gasteiger partial charge is 0.384 e. The molecule has 0 aliphatic carbocycles. The smallest absolute Gasteiger partial charge is 0.268 e. The van der Waals surface area contributed by atoms with Gasteiger partial charge < -0.3 is 4.84 Å². The molecule has 0 fully saturated rings. The van der Waals surface area contributed by atoms with Crippen LogP contribution in [0.3, 0.4) is 0 Å². The van der Waals surface area contributed by atoms with Crippen molar-refractivity contribution in [3.8, 4) is 0 Å². The summed E-state index contributed by atoms with van der Waals surface area (Å²) in [6.45, 7) is -0.0544. The molecule has 78 valence electrons. The molecule has 1 aliphatic rings. The van der Waals surface area contributed by atoms with E-state index in [0.29, 0.717) is 11.4 Å². The van der Waals surface area contributed by atoms with E-state index in [0.717, 1.165) is 0 Å². The van der Waals surface area contributed by atoms with Gasteiger partial charge in [-0.05, 0) is 24.3 Å². The number of carbonyl (C=O) groups is 1. The molecule has 0 saturated heterocycles. The maximum Gasteiger partial charge on any atom is 0.268 e. The summed E-state index contributed by atoms with van der Waals surface area (Å²) in [6, 6.07) is 5.72. The molecular formula is C10H9FN2O2. The van der Waals surface area contributed by atoms with Crippen molar-refractivity contribution in [2.24, 2.45) is 5.16 Å². The zero-order chi connectivity index (χ0) is 10.8. The van der Waals surface area contributed by atoms with E-state index in [9.17, 15) is 9.18 Å². The Hall–Kier alpha value is -1.91. The number of likely N-dealkylation sites (N-methyl/N-ethyl adjacent to an activating group) is 1. The van der Waals surface area contributed by atoms with Gasteiger partial charge in [0.25, 0.3) is 5.91 Å². The molecule has 5 heteroatoms.